The van der Waals surface area contributed by atoms with Crippen molar-refractivity contribution in [2.45, 2.75) is 32.6 Å². The Hall–Kier alpha value is -2.99. The van der Waals surface area contributed by atoms with E-state index in [9.17, 15) is 9.59 Å². The van der Waals surface area contributed by atoms with Crippen molar-refractivity contribution >= 4 is 28.7 Å². The van der Waals surface area contributed by atoms with Crippen LogP contribution in [0.2, 0.25) is 0 Å². The Labute approximate surface area is 174 Å². The van der Waals surface area contributed by atoms with Gasteiger partial charge in [-0.3, -0.25) is 14.9 Å². The van der Waals surface area contributed by atoms with E-state index < -0.39 is 0 Å². The number of aldehydes is 1. The lowest BCUT2D eigenvalue weighted by molar-refractivity contribution is -0.118. The number of thiazole rings is 1. The van der Waals surface area contributed by atoms with Gasteiger partial charge in [0.2, 0.25) is 0 Å². The molecule has 0 fully saturated rings. The molecule has 0 radical (unpaired) electrons. The second kappa shape index (κ2) is 10.5. The molecule has 0 aliphatic rings. The van der Waals surface area contributed by atoms with E-state index in [1.54, 1.807) is 30.5 Å². The van der Waals surface area contributed by atoms with Gasteiger partial charge in [0.1, 0.15) is 5.75 Å². The van der Waals surface area contributed by atoms with Crippen LogP contribution in [0.4, 0.5) is 5.13 Å². The molecule has 1 N–H and O–H groups in total. The van der Waals surface area contributed by atoms with Gasteiger partial charge in [0, 0.05) is 17.5 Å². The summed E-state index contributed by atoms with van der Waals surface area (Å²) in [5.41, 5.74) is 3.00. The Morgan fingerprint density at radius 1 is 1.14 bits per heavy atom. The predicted molar refractivity (Wildman–Crippen MR) is 116 cm³/mol. The van der Waals surface area contributed by atoms with Crippen LogP contribution in [0.15, 0.2) is 54.7 Å². The van der Waals surface area contributed by atoms with Crippen molar-refractivity contribution in [2.75, 3.05) is 11.9 Å². The molecule has 0 atom stereocenters. The van der Waals surface area contributed by atoms with Crippen LogP contribution in [0.25, 0.3) is 0 Å². The number of nitrogens with zero attached hydrogens (tertiary/aromatic N) is 1. The molecular weight excluding hydrogens is 384 g/mol. The zero-order chi connectivity index (χ0) is 20.5. The summed E-state index contributed by atoms with van der Waals surface area (Å²) in [6.45, 7) is 2.02. The number of benzene rings is 2. The molecule has 5 nitrogen and oxygen atoms in total. The molecule has 0 bridgehead atoms. The number of aromatic nitrogens is 1. The Balaban J connectivity index is 1.50. The van der Waals surface area contributed by atoms with Gasteiger partial charge in [0.15, 0.2) is 18.0 Å². The summed E-state index contributed by atoms with van der Waals surface area (Å²) in [6.07, 6.45) is 6.80. The highest BCUT2D eigenvalue weighted by molar-refractivity contribution is 7.15. The minimum atomic E-state index is -0.313. The first-order valence-corrected chi connectivity index (χ1v) is 10.5. The molecule has 150 valence electrons. The number of ether oxygens (including phenoxy) is 1. The van der Waals surface area contributed by atoms with E-state index in [1.165, 1.54) is 35.3 Å². The minimum absolute atomic E-state index is 0.182. The molecule has 0 spiro atoms. The normalized spacial score (nSPS) is 10.5. The summed E-state index contributed by atoms with van der Waals surface area (Å²) in [5.74, 6) is 0.0757. The third kappa shape index (κ3) is 6.26. The van der Waals surface area contributed by atoms with Crippen molar-refractivity contribution in [1.29, 1.82) is 0 Å². The van der Waals surface area contributed by atoms with E-state index in [1.807, 2.05) is 0 Å². The standard InChI is InChI=1S/C23H24N2O3S/c1-2-3-6-17-9-11-18(12-10-17)13-20-14-24-23(29-20)25-22(27)16-28-21-8-5-4-7-19(21)15-26/h4-5,7-12,14-15H,2-3,6,13,16H2,1H3,(H,24,25,27). The van der Waals surface area contributed by atoms with Crippen LogP contribution in [0.1, 0.15) is 46.1 Å². The lowest BCUT2D eigenvalue weighted by atomic mass is 10.0. The molecule has 1 aromatic heterocycles. The van der Waals surface area contributed by atoms with Crippen molar-refractivity contribution in [1.82, 2.24) is 4.98 Å². The fourth-order valence-electron chi connectivity index (χ4n) is 2.86. The third-order valence-corrected chi connectivity index (χ3v) is 5.34. The fourth-order valence-corrected chi connectivity index (χ4v) is 3.72. The summed E-state index contributed by atoms with van der Waals surface area (Å²) in [7, 11) is 0. The zero-order valence-electron chi connectivity index (χ0n) is 16.4. The molecule has 29 heavy (non-hydrogen) atoms. The number of carbonyl (C=O) groups excluding carboxylic acids is 2. The number of rotatable bonds is 10. The molecule has 6 heteroatoms. The summed E-state index contributed by atoms with van der Waals surface area (Å²) < 4.78 is 5.44. The number of carbonyl (C=O) groups is 2. The van der Waals surface area contributed by atoms with Gasteiger partial charge in [-0.1, -0.05) is 49.7 Å². The SMILES string of the molecule is CCCCc1ccc(Cc2cnc(NC(=O)COc3ccccc3C=O)s2)cc1. The summed E-state index contributed by atoms with van der Waals surface area (Å²) in [4.78, 5) is 28.5. The number of hydrogen-bond acceptors (Lipinski definition) is 5. The second-order valence-corrected chi connectivity index (χ2v) is 7.84. The Morgan fingerprint density at radius 2 is 1.90 bits per heavy atom. The molecular formula is C23H24N2O3S. The first kappa shape index (κ1) is 20.7. The van der Waals surface area contributed by atoms with Gasteiger partial charge in [-0.15, -0.1) is 11.3 Å². The largest absolute Gasteiger partial charge is 0.483 e. The van der Waals surface area contributed by atoms with Crippen LogP contribution in [-0.2, 0) is 17.6 Å². The summed E-state index contributed by atoms with van der Waals surface area (Å²) in [6, 6.07) is 15.5. The summed E-state index contributed by atoms with van der Waals surface area (Å²) >= 11 is 1.45. The Morgan fingerprint density at radius 3 is 2.66 bits per heavy atom. The highest BCUT2D eigenvalue weighted by Gasteiger charge is 2.10. The topological polar surface area (TPSA) is 68.3 Å². The van der Waals surface area contributed by atoms with E-state index in [0.717, 1.165) is 17.7 Å². The monoisotopic (exact) mass is 408 g/mol. The van der Waals surface area contributed by atoms with Crippen LogP contribution in [0, 0.1) is 0 Å². The van der Waals surface area contributed by atoms with Crippen LogP contribution >= 0.6 is 11.3 Å². The number of anilines is 1. The predicted octanol–water partition coefficient (Wildman–Crippen LogP) is 4.91. The maximum atomic E-state index is 12.1. The Kier molecular flexibility index (Phi) is 7.53. The second-order valence-electron chi connectivity index (χ2n) is 6.72. The van der Waals surface area contributed by atoms with Crippen molar-refractivity contribution in [3.63, 3.8) is 0 Å². The van der Waals surface area contributed by atoms with Crippen LogP contribution in [0.5, 0.6) is 5.75 Å². The smallest absolute Gasteiger partial charge is 0.264 e. The molecule has 3 aromatic rings. The van der Waals surface area contributed by atoms with E-state index in [2.05, 4.69) is 41.5 Å². The molecule has 1 amide bonds. The van der Waals surface area contributed by atoms with Crippen molar-refractivity contribution in [3.05, 3.63) is 76.3 Å². The molecule has 2 aromatic carbocycles. The van der Waals surface area contributed by atoms with Crippen LogP contribution < -0.4 is 10.1 Å². The molecule has 3 rings (SSSR count). The molecule has 0 aliphatic heterocycles. The maximum absolute atomic E-state index is 12.1. The molecule has 0 saturated heterocycles. The van der Waals surface area contributed by atoms with Gasteiger partial charge in [-0.2, -0.15) is 0 Å². The molecule has 0 aliphatic carbocycles. The third-order valence-electron chi connectivity index (χ3n) is 4.42. The van der Waals surface area contributed by atoms with E-state index >= 15 is 0 Å². The van der Waals surface area contributed by atoms with Gasteiger partial charge in [-0.25, -0.2) is 4.98 Å². The molecule has 0 saturated carbocycles. The highest BCUT2D eigenvalue weighted by atomic mass is 32.1. The number of aryl methyl sites for hydroxylation is 1. The van der Waals surface area contributed by atoms with Gasteiger partial charge >= 0.3 is 0 Å². The van der Waals surface area contributed by atoms with Crippen LogP contribution in [-0.4, -0.2) is 23.8 Å². The van der Waals surface area contributed by atoms with E-state index in [0.29, 0.717) is 22.7 Å². The van der Waals surface area contributed by atoms with Crippen molar-refractivity contribution < 1.29 is 14.3 Å². The molecule has 0 unspecified atom stereocenters. The highest BCUT2D eigenvalue weighted by Crippen LogP contribution is 2.22. The number of nitrogens with one attached hydrogen (secondary N) is 1. The number of para-hydroxylation sites is 1. The first-order chi connectivity index (χ1) is 14.2. The average molecular weight is 409 g/mol. The van der Waals surface area contributed by atoms with E-state index in [4.69, 9.17) is 4.74 Å². The number of amides is 1. The quantitative estimate of drug-likeness (QED) is 0.484. The summed E-state index contributed by atoms with van der Waals surface area (Å²) in [5, 5.41) is 3.28. The number of hydrogen-bond donors (Lipinski definition) is 1. The van der Waals surface area contributed by atoms with Gasteiger partial charge in [0.25, 0.3) is 5.91 Å². The first-order valence-electron chi connectivity index (χ1n) is 9.67. The minimum Gasteiger partial charge on any atom is -0.483 e. The van der Waals surface area contributed by atoms with Gasteiger partial charge in [-0.05, 0) is 36.1 Å². The fraction of sp³-hybridized carbons (Fsp3) is 0.261. The van der Waals surface area contributed by atoms with Crippen molar-refractivity contribution in [2.24, 2.45) is 0 Å². The van der Waals surface area contributed by atoms with E-state index in [-0.39, 0.29) is 12.5 Å². The lowest BCUT2D eigenvalue weighted by Crippen LogP contribution is -2.20. The van der Waals surface area contributed by atoms with Crippen LogP contribution in [0.3, 0.4) is 0 Å². The maximum Gasteiger partial charge on any atom is 0.264 e. The average Bonchev–Trinajstić information content (AvgIpc) is 3.18. The van der Waals surface area contributed by atoms with Gasteiger partial charge < -0.3 is 4.74 Å². The Bertz CT molecular complexity index is 951. The number of unbranched alkanes of at least 4 members (excludes halogenated alkanes) is 1. The molecule has 1 heterocycles. The lowest BCUT2D eigenvalue weighted by Gasteiger charge is -2.07. The van der Waals surface area contributed by atoms with Crippen molar-refractivity contribution in [3.8, 4) is 5.75 Å². The van der Waals surface area contributed by atoms with Gasteiger partial charge in [0.05, 0.1) is 5.56 Å². The zero-order valence-corrected chi connectivity index (χ0v) is 17.2.